The zero-order chi connectivity index (χ0) is 2.71. The Bertz CT molecular complexity index is 6.85. The van der Waals surface area contributed by atoms with Crippen LogP contribution in [0.25, 0.3) is 0 Å². The molecule has 0 saturated carbocycles. The van der Waals surface area contributed by atoms with Crippen molar-refractivity contribution in [2.75, 3.05) is 0 Å². The van der Waals surface area contributed by atoms with Crippen LogP contribution < -0.4 is 42.0 Å². The second kappa shape index (κ2) is 17.0. The van der Waals surface area contributed by atoms with Crippen molar-refractivity contribution in [3.63, 3.8) is 0 Å². The first-order chi connectivity index (χ1) is 1.41. The van der Waals surface area contributed by atoms with Gasteiger partial charge in [0.15, 0.2) is 0 Å². The average molecular weight is 145 g/mol. The van der Waals surface area contributed by atoms with Gasteiger partial charge in [0.2, 0.25) is 0 Å². The number of hydrogen-bond donors (Lipinski definition) is 0. The Hall–Kier alpha value is 1.83. The van der Waals surface area contributed by atoms with Gasteiger partial charge in [-0.2, -0.15) is 3.84 Å². The summed E-state index contributed by atoms with van der Waals surface area (Å²) in [4.78, 5) is 0. The summed E-state index contributed by atoms with van der Waals surface area (Å²) < 4.78 is 3.19. The molecule has 0 aromatic rings. The van der Waals surface area contributed by atoms with Crippen molar-refractivity contribution in [1.82, 2.24) is 0 Å². The molecule has 0 fully saturated rings. The fourth-order valence-corrected chi connectivity index (χ4v) is 0. The predicted molar refractivity (Wildman–Crippen MR) is 12.8 cm³/mol. The number of rotatable bonds is 0. The van der Waals surface area contributed by atoms with Gasteiger partial charge in [0.1, 0.15) is 0 Å². The molecular formula is Cl3NaO. The second-order valence-electron chi connectivity index (χ2n) is 0.0583. The molecule has 0 radical (unpaired) electrons. The van der Waals surface area contributed by atoms with Crippen LogP contribution in [0, 0.1) is 0 Å². The number of hydrogen-bond acceptors (Lipinski definition) is 1. The minimum atomic E-state index is 0. The molecule has 0 amide bonds. The Labute approximate surface area is 69.0 Å². The van der Waals surface area contributed by atoms with Gasteiger partial charge < -0.3 is 12.4 Å². The minimum Gasteiger partial charge on any atom is -1.00 e. The summed E-state index contributed by atoms with van der Waals surface area (Å²) in [6.07, 6.45) is 0. The zero-order valence-corrected chi connectivity index (χ0v) is 6.81. The van der Waals surface area contributed by atoms with E-state index in [0.717, 1.165) is 0 Å². The Balaban J connectivity index is -0.0000000200. The molecule has 0 aliphatic rings. The van der Waals surface area contributed by atoms with E-state index in [4.69, 9.17) is 0 Å². The van der Waals surface area contributed by atoms with Gasteiger partial charge in [-0.05, 0) is 0 Å². The van der Waals surface area contributed by atoms with Crippen LogP contribution in [0.1, 0.15) is 0 Å². The molecule has 0 atom stereocenters. The quantitative estimate of drug-likeness (QED) is 0.311. The maximum absolute atomic E-state index is 4.26. The predicted octanol–water partition coefficient (Wildman–Crippen LogP) is -4.68. The summed E-state index contributed by atoms with van der Waals surface area (Å²) in [5.74, 6) is 0. The monoisotopic (exact) mass is 144 g/mol. The van der Waals surface area contributed by atoms with Gasteiger partial charge in [-0.1, -0.05) is 0 Å². The molecule has 5 heavy (non-hydrogen) atoms. The number of halogens is 3. The van der Waals surface area contributed by atoms with Crippen molar-refractivity contribution in [3.05, 3.63) is 0 Å². The molecule has 0 saturated heterocycles. The van der Waals surface area contributed by atoms with E-state index in [1.54, 1.807) is 0 Å². The molecule has 0 unspecified atom stereocenters. The molecule has 0 aliphatic heterocycles. The third-order valence-electron chi connectivity index (χ3n) is 0. The smallest absolute Gasteiger partial charge is 1.00 e. The SMILES string of the molecule is ClOCl.[Cl-].[Na+]. The van der Waals surface area contributed by atoms with Gasteiger partial charge in [-0.15, -0.1) is 0 Å². The fourth-order valence-electron chi connectivity index (χ4n) is 0. The Morgan fingerprint density at radius 2 is 1.20 bits per heavy atom. The van der Waals surface area contributed by atoms with Crippen molar-refractivity contribution in [2.45, 2.75) is 0 Å². The first-order valence-corrected chi connectivity index (χ1v) is 0.926. The van der Waals surface area contributed by atoms with E-state index in [-0.39, 0.29) is 42.0 Å². The Kier molecular flexibility index (Phi) is 53.8. The van der Waals surface area contributed by atoms with Crippen LogP contribution >= 0.6 is 23.7 Å². The normalized spacial score (nSPS) is 3.60. The molecule has 0 aromatic carbocycles. The van der Waals surface area contributed by atoms with Crippen LogP contribution in [0.5, 0.6) is 0 Å². The topological polar surface area (TPSA) is 9.23 Å². The molecule has 0 rings (SSSR count). The van der Waals surface area contributed by atoms with Crippen molar-refractivity contribution in [1.29, 1.82) is 0 Å². The summed E-state index contributed by atoms with van der Waals surface area (Å²) in [6, 6.07) is 0. The van der Waals surface area contributed by atoms with Gasteiger partial charge in [0.25, 0.3) is 0 Å². The van der Waals surface area contributed by atoms with Crippen LogP contribution in [0.3, 0.4) is 0 Å². The first kappa shape index (κ1) is 15.8. The first-order valence-electron chi connectivity index (χ1n) is 0.309. The Morgan fingerprint density at radius 1 is 1.20 bits per heavy atom. The van der Waals surface area contributed by atoms with Gasteiger partial charge in [0.05, 0.1) is 23.7 Å². The summed E-state index contributed by atoms with van der Waals surface area (Å²) >= 11 is 8.53. The molecule has 0 spiro atoms. The van der Waals surface area contributed by atoms with E-state index < -0.39 is 0 Å². The maximum Gasteiger partial charge on any atom is 1.00 e. The molecule has 5 heteroatoms. The van der Waals surface area contributed by atoms with Crippen molar-refractivity contribution >= 4 is 23.7 Å². The molecule has 0 aromatic heterocycles. The van der Waals surface area contributed by atoms with Gasteiger partial charge in [-0.3, -0.25) is 0 Å². The second-order valence-corrected chi connectivity index (χ2v) is 0.525. The van der Waals surface area contributed by atoms with E-state index in [0.29, 0.717) is 0 Å². The van der Waals surface area contributed by atoms with Crippen LogP contribution in [-0.4, -0.2) is 0 Å². The molecule has 0 heterocycles. The molecule has 0 bridgehead atoms. The van der Waals surface area contributed by atoms with E-state index in [9.17, 15) is 0 Å². The van der Waals surface area contributed by atoms with Crippen molar-refractivity contribution in [3.8, 4) is 0 Å². The standard InChI is InChI=1S/Cl2O.ClH.Na/c1-3-2;;/h;1H;/q;;+1/p-1. The molecular weight excluding hydrogens is 145 g/mol. The van der Waals surface area contributed by atoms with Crippen LogP contribution in [0.4, 0.5) is 0 Å². The molecule has 0 N–H and O–H groups in total. The largest absolute Gasteiger partial charge is 1.00 e. The van der Waals surface area contributed by atoms with E-state index in [1.165, 1.54) is 0 Å². The molecule has 0 aliphatic carbocycles. The van der Waals surface area contributed by atoms with E-state index in [2.05, 4.69) is 27.6 Å². The van der Waals surface area contributed by atoms with E-state index in [1.807, 2.05) is 0 Å². The third-order valence-corrected chi connectivity index (χ3v) is 0. The van der Waals surface area contributed by atoms with Crippen molar-refractivity contribution in [2.24, 2.45) is 0 Å². The fraction of sp³-hybridized carbons (Fsp3) is 0. The zero-order valence-electron chi connectivity index (χ0n) is 2.54. The summed E-state index contributed by atoms with van der Waals surface area (Å²) in [5.41, 5.74) is 0. The van der Waals surface area contributed by atoms with Crippen LogP contribution in [0.2, 0.25) is 0 Å². The maximum atomic E-state index is 4.26. The third kappa shape index (κ3) is 25.5. The van der Waals surface area contributed by atoms with Gasteiger partial charge in [0, 0.05) is 0 Å². The molecule has 1 nitrogen and oxygen atoms in total. The summed E-state index contributed by atoms with van der Waals surface area (Å²) in [6.45, 7) is 0. The summed E-state index contributed by atoms with van der Waals surface area (Å²) in [5, 5.41) is 0. The van der Waals surface area contributed by atoms with Gasteiger partial charge in [-0.25, -0.2) is 0 Å². The van der Waals surface area contributed by atoms with E-state index >= 15 is 0 Å². The molecule has 28 valence electrons. The Morgan fingerprint density at radius 3 is 1.20 bits per heavy atom. The average Bonchev–Trinajstić information content (AvgIpc) is 0.918. The van der Waals surface area contributed by atoms with Gasteiger partial charge >= 0.3 is 29.6 Å². The van der Waals surface area contributed by atoms with Crippen molar-refractivity contribution < 1.29 is 45.8 Å². The minimum absolute atomic E-state index is 0. The summed E-state index contributed by atoms with van der Waals surface area (Å²) in [7, 11) is 0. The van der Waals surface area contributed by atoms with Crippen LogP contribution in [-0.2, 0) is 3.84 Å². The van der Waals surface area contributed by atoms with Crippen LogP contribution in [0.15, 0.2) is 0 Å².